The predicted molar refractivity (Wildman–Crippen MR) is 49.3 cm³/mol. The lowest BCUT2D eigenvalue weighted by atomic mass is 10.3. The van der Waals surface area contributed by atoms with Gasteiger partial charge in [0.2, 0.25) is 5.82 Å². The van der Waals surface area contributed by atoms with Crippen LogP contribution in [0.2, 0.25) is 0 Å². The molecule has 5 heteroatoms. The molecule has 2 rings (SSSR count). The van der Waals surface area contributed by atoms with E-state index in [9.17, 15) is 8.78 Å². The van der Waals surface area contributed by atoms with Crippen LogP contribution in [0.25, 0.3) is 0 Å². The third kappa shape index (κ3) is 2.22. The van der Waals surface area contributed by atoms with Crippen LogP contribution in [0.5, 0.6) is 5.75 Å². The van der Waals surface area contributed by atoms with E-state index in [0.29, 0.717) is 11.1 Å². The van der Waals surface area contributed by atoms with E-state index in [1.165, 1.54) is 6.07 Å². The zero-order chi connectivity index (χ0) is 10.1. The molecule has 0 spiro atoms. The normalized spacial score (nSPS) is 19.5. The SMILES string of the molecule is Fc1cc(Br)cc(OC[C@H]2CO2)c1F. The summed E-state index contributed by atoms with van der Waals surface area (Å²) in [4.78, 5) is 0. The maximum absolute atomic E-state index is 13.1. The first kappa shape index (κ1) is 9.86. The summed E-state index contributed by atoms with van der Waals surface area (Å²) in [5, 5.41) is 0. The van der Waals surface area contributed by atoms with Crippen LogP contribution in [-0.2, 0) is 4.74 Å². The van der Waals surface area contributed by atoms with Gasteiger partial charge >= 0.3 is 0 Å². The van der Waals surface area contributed by atoms with Crippen molar-refractivity contribution in [2.45, 2.75) is 6.10 Å². The Morgan fingerprint density at radius 2 is 2.21 bits per heavy atom. The first-order valence-corrected chi connectivity index (χ1v) is 4.85. The van der Waals surface area contributed by atoms with Crippen LogP contribution in [0.4, 0.5) is 8.78 Å². The minimum atomic E-state index is -0.964. The quantitative estimate of drug-likeness (QED) is 0.618. The van der Waals surface area contributed by atoms with Crippen molar-refractivity contribution in [1.29, 1.82) is 0 Å². The van der Waals surface area contributed by atoms with E-state index in [2.05, 4.69) is 15.9 Å². The third-order valence-electron chi connectivity index (χ3n) is 1.79. The van der Waals surface area contributed by atoms with Crippen molar-refractivity contribution in [1.82, 2.24) is 0 Å². The van der Waals surface area contributed by atoms with E-state index in [0.717, 1.165) is 6.07 Å². The molecule has 1 heterocycles. The van der Waals surface area contributed by atoms with Gasteiger partial charge in [0.1, 0.15) is 12.7 Å². The number of benzene rings is 1. The smallest absolute Gasteiger partial charge is 0.200 e. The van der Waals surface area contributed by atoms with E-state index >= 15 is 0 Å². The summed E-state index contributed by atoms with van der Waals surface area (Å²) < 4.78 is 36.3. The van der Waals surface area contributed by atoms with Gasteiger partial charge in [0, 0.05) is 4.47 Å². The van der Waals surface area contributed by atoms with Gasteiger partial charge in [-0.3, -0.25) is 0 Å². The van der Waals surface area contributed by atoms with E-state index in [1.807, 2.05) is 0 Å². The van der Waals surface area contributed by atoms with Gasteiger partial charge in [-0.2, -0.15) is 4.39 Å². The molecule has 1 fully saturated rings. The molecular weight excluding hydrogens is 258 g/mol. The van der Waals surface area contributed by atoms with Crippen molar-refractivity contribution in [3.63, 3.8) is 0 Å². The Morgan fingerprint density at radius 1 is 1.50 bits per heavy atom. The van der Waals surface area contributed by atoms with Crippen molar-refractivity contribution in [3.8, 4) is 5.75 Å². The standard InChI is InChI=1S/C9H7BrF2O2/c10-5-1-7(11)9(12)8(2-5)14-4-6-3-13-6/h1-2,6H,3-4H2/t6-/m1/s1. The lowest BCUT2D eigenvalue weighted by Gasteiger charge is -2.06. The fourth-order valence-corrected chi connectivity index (χ4v) is 1.39. The Morgan fingerprint density at radius 3 is 2.86 bits per heavy atom. The third-order valence-corrected chi connectivity index (χ3v) is 2.24. The highest BCUT2D eigenvalue weighted by Crippen LogP contribution is 2.26. The molecule has 1 saturated heterocycles. The highest BCUT2D eigenvalue weighted by atomic mass is 79.9. The molecule has 0 unspecified atom stereocenters. The number of halogens is 3. The van der Waals surface area contributed by atoms with Crippen LogP contribution in [0.1, 0.15) is 0 Å². The second-order valence-corrected chi connectivity index (χ2v) is 3.88. The predicted octanol–water partition coefficient (Wildman–Crippen LogP) is 2.50. The average molecular weight is 265 g/mol. The number of epoxide rings is 1. The summed E-state index contributed by atoms with van der Waals surface area (Å²) in [7, 11) is 0. The molecule has 1 atom stereocenters. The van der Waals surface area contributed by atoms with Crippen LogP contribution >= 0.6 is 15.9 Å². The fraction of sp³-hybridized carbons (Fsp3) is 0.333. The molecule has 0 radical (unpaired) electrons. The summed E-state index contributed by atoms with van der Waals surface area (Å²) in [5.74, 6) is -1.98. The minimum absolute atomic E-state index is 0.0245. The molecule has 0 aliphatic carbocycles. The Hall–Kier alpha value is -0.680. The van der Waals surface area contributed by atoms with Gasteiger partial charge in [0.25, 0.3) is 0 Å². The van der Waals surface area contributed by atoms with Crippen LogP contribution in [0.15, 0.2) is 16.6 Å². The molecule has 14 heavy (non-hydrogen) atoms. The molecule has 1 aromatic carbocycles. The fourth-order valence-electron chi connectivity index (χ4n) is 0.984. The van der Waals surface area contributed by atoms with Crippen LogP contribution in [0.3, 0.4) is 0 Å². The zero-order valence-electron chi connectivity index (χ0n) is 7.10. The lowest BCUT2D eigenvalue weighted by Crippen LogP contribution is -2.06. The van der Waals surface area contributed by atoms with Crippen molar-refractivity contribution in [2.24, 2.45) is 0 Å². The van der Waals surface area contributed by atoms with Gasteiger partial charge in [-0.25, -0.2) is 4.39 Å². The maximum atomic E-state index is 13.1. The van der Waals surface area contributed by atoms with Gasteiger partial charge in [0.15, 0.2) is 11.6 Å². The highest BCUT2D eigenvalue weighted by Gasteiger charge is 2.24. The van der Waals surface area contributed by atoms with Crippen molar-refractivity contribution in [3.05, 3.63) is 28.2 Å². The highest BCUT2D eigenvalue weighted by molar-refractivity contribution is 9.10. The molecule has 2 nitrogen and oxygen atoms in total. The second kappa shape index (κ2) is 3.82. The molecule has 0 amide bonds. The lowest BCUT2D eigenvalue weighted by molar-refractivity contribution is 0.250. The largest absolute Gasteiger partial charge is 0.488 e. The molecule has 76 valence electrons. The molecule has 0 aromatic heterocycles. The Labute approximate surface area is 87.9 Å². The van der Waals surface area contributed by atoms with Crippen LogP contribution < -0.4 is 4.74 Å². The summed E-state index contributed by atoms with van der Waals surface area (Å²) >= 11 is 3.05. The molecule has 1 aromatic rings. The molecule has 0 N–H and O–H groups in total. The van der Waals surface area contributed by atoms with Gasteiger partial charge in [-0.05, 0) is 12.1 Å². The monoisotopic (exact) mass is 264 g/mol. The number of hydrogen-bond acceptors (Lipinski definition) is 2. The van der Waals surface area contributed by atoms with E-state index in [1.54, 1.807) is 0 Å². The molecule has 1 aliphatic heterocycles. The molecule has 0 saturated carbocycles. The van der Waals surface area contributed by atoms with E-state index in [4.69, 9.17) is 9.47 Å². The van der Waals surface area contributed by atoms with E-state index < -0.39 is 11.6 Å². The van der Waals surface area contributed by atoms with Gasteiger partial charge in [0.05, 0.1) is 6.61 Å². The summed E-state index contributed by atoms with van der Waals surface area (Å²) in [6.07, 6.45) is 0.0245. The first-order valence-electron chi connectivity index (χ1n) is 4.06. The molecule has 1 aliphatic rings. The van der Waals surface area contributed by atoms with Gasteiger partial charge < -0.3 is 9.47 Å². The Bertz CT molecular complexity index is 353. The van der Waals surface area contributed by atoms with E-state index in [-0.39, 0.29) is 18.5 Å². The van der Waals surface area contributed by atoms with Crippen molar-refractivity contribution >= 4 is 15.9 Å². The molecular formula is C9H7BrF2O2. The topological polar surface area (TPSA) is 21.8 Å². The van der Waals surface area contributed by atoms with Crippen molar-refractivity contribution < 1.29 is 18.3 Å². The zero-order valence-corrected chi connectivity index (χ0v) is 8.68. The number of ether oxygens (including phenoxy) is 2. The minimum Gasteiger partial charge on any atom is -0.488 e. The van der Waals surface area contributed by atoms with Gasteiger partial charge in [-0.15, -0.1) is 0 Å². The van der Waals surface area contributed by atoms with Crippen molar-refractivity contribution in [2.75, 3.05) is 13.2 Å². The first-order chi connectivity index (χ1) is 6.66. The van der Waals surface area contributed by atoms with Crippen LogP contribution in [-0.4, -0.2) is 19.3 Å². The Kier molecular flexibility index (Phi) is 2.69. The second-order valence-electron chi connectivity index (χ2n) is 2.97. The maximum Gasteiger partial charge on any atom is 0.200 e. The summed E-state index contributed by atoms with van der Waals surface area (Å²) in [6, 6.07) is 2.44. The van der Waals surface area contributed by atoms with Crippen LogP contribution in [0, 0.1) is 11.6 Å². The Balaban J connectivity index is 2.13. The summed E-state index contributed by atoms with van der Waals surface area (Å²) in [5.41, 5.74) is 0. The summed E-state index contributed by atoms with van der Waals surface area (Å²) in [6.45, 7) is 0.880. The van der Waals surface area contributed by atoms with Gasteiger partial charge in [-0.1, -0.05) is 15.9 Å². The number of hydrogen-bond donors (Lipinski definition) is 0. The molecule has 0 bridgehead atoms. The number of rotatable bonds is 3. The average Bonchev–Trinajstić information content (AvgIpc) is 2.92.